The Morgan fingerprint density at radius 1 is 1.32 bits per heavy atom. The van der Waals surface area contributed by atoms with Gasteiger partial charge in [-0.1, -0.05) is 29.8 Å². The zero-order valence-electron chi connectivity index (χ0n) is 14.7. The minimum Gasteiger partial charge on any atom is -0.369 e. The highest BCUT2D eigenvalue weighted by molar-refractivity contribution is 6.31. The minimum atomic E-state index is -0.145. The average Bonchev–Trinajstić information content (AvgIpc) is 3.39. The van der Waals surface area contributed by atoms with Gasteiger partial charge < -0.3 is 10.1 Å². The summed E-state index contributed by atoms with van der Waals surface area (Å²) in [5, 5.41) is 3.61. The SMILES string of the molecule is CNC(=O)[C@@H]1COC2(CN(Cc3ccccc3Cl)C2)CN1CC1CC1. The number of ether oxygens (including phenoxy) is 1. The molecular weight excluding hydrogens is 338 g/mol. The molecule has 1 aliphatic carbocycles. The maximum absolute atomic E-state index is 12.2. The number of morpholine rings is 1. The second-order valence-electron chi connectivity index (χ2n) is 7.73. The third kappa shape index (κ3) is 3.70. The number of likely N-dealkylation sites (N-methyl/N-ethyl adjacent to an activating group) is 1. The summed E-state index contributed by atoms with van der Waals surface area (Å²) in [6.07, 6.45) is 2.59. The van der Waals surface area contributed by atoms with Crippen molar-refractivity contribution in [3.8, 4) is 0 Å². The second kappa shape index (κ2) is 6.88. The number of carbonyl (C=O) groups is 1. The van der Waals surface area contributed by atoms with E-state index < -0.39 is 0 Å². The number of hydrogen-bond donors (Lipinski definition) is 1. The molecule has 0 unspecified atom stereocenters. The van der Waals surface area contributed by atoms with E-state index in [0.717, 1.165) is 49.2 Å². The highest BCUT2D eigenvalue weighted by Crippen LogP contribution is 2.36. The molecule has 3 fully saturated rings. The topological polar surface area (TPSA) is 44.8 Å². The Kier molecular flexibility index (Phi) is 4.75. The molecule has 1 amide bonds. The molecule has 2 saturated heterocycles. The molecule has 1 spiro atoms. The summed E-state index contributed by atoms with van der Waals surface area (Å²) in [6, 6.07) is 7.86. The molecule has 1 N–H and O–H groups in total. The lowest BCUT2D eigenvalue weighted by molar-refractivity contribution is -0.203. The molecule has 6 heteroatoms. The van der Waals surface area contributed by atoms with Crippen molar-refractivity contribution >= 4 is 17.5 Å². The van der Waals surface area contributed by atoms with Crippen LogP contribution in [0.2, 0.25) is 5.02 Å². The lowest BCUT2D eigenvalue weighted by atomic mass is 9.89. The van der Waals surface area contributed by atoms with E-state index in [1.54, 1.807) is 7.05 Å². The highest BCUT2D eigenvalue weighted by Gasteiger charge is 2.50. The minimum absolute atomic E-state index is 0.0720. The second-order valence-corrected chi connectivity index (χ2v) is 8.14. The van der Waals surface area contributed by atoms with Gasteiger partial charge in [0.15, 0.2) is 0 Å². The first-order chi connectivity index (χ1) is 12.1. The molecule has 0 bridgehead atoms. The monoisotopic (exact) mass is 363 g/mol. The fourth-order valence-electron chi connectivity index (χ4n) is 4.06. The molecule has 1 atom stereocenters. The summed E-state index contributed by atoms with van der Waals surface area (Å²) in [6.45, 7) is 5.02. The van der Waals surface area contributed by atoms with E-state index >= 15 is 0 Å². The maximum Gasteiger partial charge on any atom is 0.239 e. The van der Waals surface area contributed by atoms with Crippen LogP contribution in [0.1, 0.15) is 18.4 Å². The van der Waals surface area contributed by atoms with Gasteiger partial charge in [0.25, 0.3) is 0 Å². The van der Waals surface area contributed by atoms with Crippen LogP contribution in [0, 0.1) is 5.92 Å². The molecule has 25 heavy (non-hydrogen) atoms. The van der Waals surface area contributed by atoms with Gasteiger partial charge in [0, 0.05) is 44.8 Å². The quantitative estimate of drug-likeness (QED) is 0.865. The van der Waals surface area contributed by atoms with Crippen molar-refractivity contribution in [1.82, 2.24) is 15.1 Å². The van der Waals surface area contributed by atoms with E-state index in [1.165, 1.54) is 12.8 Å². The number of amides is 1. The Morgan fingerprint density at radius 3 is 2.76 bits per heavy atom. The molecule has 2 heterocycles. The maximum atomic E-state index is 12.2. The van der Waals surface area contributed by atoms with Crippen molar-refractivity contribution in [3.63, 3.8) is 0 Å². The fourth-order valence-corrected chi connectivity index (χ4v) is 4.25. The highest BCUT2D eigenvalue weighted by atomic mass is 35.5. The van der Waals surface area contributed by atoms with Crippen LogP contribution in [0.25, 0.3) is 0 Å². The molecule has 0 aromatic heterocycles. The molecule has 1 aromatic rings. The standard InChI is InChI=1S/C19H26ClN3O2/c1-21-18(24)17-10-25-19(13-23(17)8-14-6-7-14)11-22(12-19)9-15-4-2-3-5-16(15)20/h2-5,14,17H,6-13H2,1H3,(H,21,24)/t17-/m0/s1. The van der Waals surface area contributed by atoms with E-state index in [-0.39, 0.29) is 17.6 Å². The Labute approximate surface area is 154 Å². The van der Waals surface area contributed by atoms with Crippen molar-refractivity contribution in [2.45, 2.75) is 31.0 Å². The van der Waals surface area contributed by atoms with Crippen molar-refractivity contribution in [2.75, 3.05) is 39.8 Å². The van der Waals surface area contributed by atoms with Gasteiger partial charge in [0.05, 0.1) is 6.61 Å². The van der Waals surface area contributed by atoms with Gasteiger partial charge >= 0.3 is 0 Å². The predicted octanol–water partition coefficient (Wildman–Crippen LogP) is 1.75. The van der Waals surface area contributed by atoms with Crippen molar-refractivity contribution < 1.29 is 9.53 Å². The Morgan fingerprint density at radius 2 is 2.08 bits per heavy atom. The van der Waals surface area contributed by atoms with E-state index in [2.05, 4.69) is 21.2 Å². The van der Waals surface area contributed by atoms with Gasteiger partial charge in [-0.3, -0.25) is 14.6 Å². The van der Waals surface area contributed by atoms with E-state index in [1.807, 2.05) is 18.2 Å². The van der Waals surface area contributed by atoms with E-state index in [4.69, 9.17) is 16.3 Å². The molecule has 136 valence electrons. The summed E-state index contributed by atoms with van der Waals surface area (Å²) in [5.74, 6) is 0.837. The van der Waals surface area contributed by atoms with Crippen LogP contribution < -0.4 is 5.32 Å². The Hall–Kier alpha value is -1.14. The molecule has 5 nitrogen and oxygen atoms in total. The van der Waals surface area contributed by atoms with Gasteiger partial charge in [-0.05, 0) is 30.4 Å². The lowest BCUT2D eigenvalue weighted by Gasteiger charge is -2.55. The zero-order valence-corrected chi connectivity index (χ0v) is 15.5. The number of rotatable bonds is 5. The number of nitrogens with one attached hydrogen (secondary N) is 1. The third-order valence-corrected chi connectivity index (χ3v) is 5.96. The summed E-state index contributed by atoms with van der Waals surface area (Å²) in [7, 11) is 1.71. The van der Waals surface area contributed by atoms with Crippen LogP contribution in [0.5, 0.6) is 0 Å². The van der Waals surface area contributed by atoms with Crippen molar-refractivity contribution in [2.24, 2.45) is 5.92 Å². The van der Waals surface area contributed by atoms with Gasteiger partial charge in [0.1, 0.15) is 11.6 Å². The zero-order chi connectivity index (χ0) is 17.4. The number of carbonyl (C=O) groups excluding carboxylic acids is 1. The van der Waals surface area contributed by atoms with Crippen LogP contribution in [0.4, 0.5) is 0 Å². The van der Waals surface area contributed by atoms with Gasteiger partial charge in [0.2, 0.25) is 5.91 Å². The first-order valence-electron chi connectivity index (χ1n) is 9.14. The summed E-state index contributed by atoms with van der Waals surface area (Å²) in [5.41, 5.74) is 1.04. The molecule has 3 aliphatic rings. The van der Waals surface area contributed by atoms with Crippen LogP contribution in [-0.4, -0.2) is 67.2 Å². The molecule has 2 aliphatic heterocycles. The normalized spacial score (nSPS) is 26.4. The van der Waals surface area contributed by atoms with E-state index in [0.29, 0.717) is 6.61 Å². The number of nitrogens with zero attached hydrogens (tertiary/aromatic N) is 2. The first kappa shape index (κ1) is 17.3. The molecule has 4 rings (SSSR count). The van der Waals surface area contributed by atoms with Crippen molar-refractivity contribution in [3.05, 3.63) is 34.9 Å². The Balaban J connectivity index is 1.37. The van der Waals surface area contributed by atoms with Gasteiger partial charge in [-0.25, -0.2) is 0 Å². The summed E-state index contributed by atoms with van der Waals surface area (Å²) in [4.78, 5) is 16.9. The van der Waals surface area contributed by atoms with Gasteiger partial charge in [-0.15, -0.1) is 0 Å². The largest absolute Gasteiger partial charge is 0.369 e. The number of halogens is 1. The van der Waals surface area contributed by atoms with Crippen LogP contribution >= 0.6 is 11.6 Å². The summed E-state index contributed by atoms with van der Waals surface area (Å²) >= 11 is 6.27. The number of likely N-dealkylation sites (tertiary alicyclic amines) is 1. The number of hydrogen-bond acceptors (Lipinski definition) is 4. The molecule has 1 aromatic carbocycles. The van der Waals surface area contributed by atoms with Crippen LogP contribution in [0.15, 0.2) is 24.3 Å². The molecule has 0 radical (unpaired) electrons. The first-order valence-corrected chi connectivity index (χ1v) is 9.52. The smallest absolute Gasteiger partial charge is 0.239 e. The van der Waals surface area contributed by atoms with Gasteiger partial charge in [-0.2, -0.15) is 0 Å². The van der Waals surface area contributed by atoms with Crippen LogP contribution in [0.3, 0.4) is 0 Å². The average molecular weight is 364 g/mol. The van der Waals surface area contributed by atoms with E-state index in [9.17, 15) is 4.79 Å². The van der Waals surface area contributed by atoms with Crippen LogP contribution in [-0.2, 0) is 16.1 Å². The number of benzene rings is 1. The lowest BCUT2D eigenvalue weighted by Crippen LogP contribution is -2.72. The Bertz CT molecular complexity index is 643. The molecular formula is C19H26ClN3O2. The van der Waals surface area contributed by atoms with Crippen molar-refractivity contribution in [1.29, 1.82) is 0 Å². The predicted molar refractivity (Wildman–Crippen MR) is 97.6 cm³/mol. The molecule has 1 saturated carbocycles. The third-order valence-electron chi connectivity index (χ3n) is 5.59. The fraction of sp³-hybridized carbons (Fsp3) is 0.632. The summed E-state index contributed by atoms with van der Waals surface area (Å²) < 4.78 is 6.19.